The lowest BCUT2D eigenvalue weighted by Crippen LogP contribution is -2.41. The SMILES string of the molecule is COc1cc2nc(C)nc(N[C@H](C)c3cccc(C(F)(F)C(C)(C)O)c3F)c2cc1OC[C@@H]1CCCO1. The van der Waals surface area contributed by atoms with Crippen LogP contribution in [0.15, 0.2) is 30.3 Å². The molecule has 200 valence electrons. The molecule has 1 aromatic heterocycles. The number of rotatable bonds is 9. The van der Waals surface area contributed by atoms with E-state index in [-0.39, 0.29) is 11.7 Å². The number of ether oxygens (including phenoxy) is 3. The maximum atomic E-state index is 15.3. The molecule has 37 heavy (non-hydrogen) atoms. The first kappa shape index (κ1) is 26.9. The Labute approximate surface area is 214 Å². The number of nitrogens with one attached hydrogen (secondary N) is 1. The molecular weight excluding hydrogens is 487 g/mol. The van der Waals surface area contributed by atoms with Crippen molar-refractivity contribution in [3.8, 4) is 11.5 Å². The van der Waals surface area contributed by atoms with Crippen molar-refractivity contribution in [2.75, 3.05) is 25.6 Å². The van der Waals surface area contributed by atoms with E-state index in [9.17, 15) is 13.9 Å². The van der Waals surface area contributed by atoms with Gasteiger partial charge < -0.3 is 24.6 Å². The van der Waals surface area contributed by atoms with Gasteiger partial charge in [-0.15, -0.1) is 0 Å². The number of anilines is 1. The number of fused-ring (bicyclic) bond motifs is 1. The maximum Gasteiger partial charge on any atom is 0.303 e. The van der Waals surface area contributed by atoms with Crippen LogP contribution < -0.4 is 14.8 Å². The van der Waals surface area contributed by atoms with Crippen molar-refractivity contribution in [2.45, 2.75) is 64.2 Å². The lowest BCUT2D eigenvalue weighted by molar-refractivity contribution is -0.170. The second kappa shape index (κ2) is 10.3. The van der Waals surface area contributed by atoms with E-state index in [2.05, 4.69) is 15.3 Å². The zero-order valence-corrected chi connectivity index (χ0v) is 21.6. The molecule has 1 saturated heterocycles. The third-order valence-corrected chi connectivity index (χ3v) is 6.50. The van der Waals surface area contributed by atoms with E-state index in [4.69, 9.17) is 14.2 Å². The van der Waals surface area contributed by atoms with Crippen molar-refractivity contribution >= 4 is 16.7 Å². The van der Waals surface area contributed by atoms with Gasteiger partial charge in [-0.2, -0.15) is 8.78 Å². The summed E-state index contributed by atoms with van der Waals surface area (Å²) in [5.41, 5.74) is -2.73. The summed E-state index contributed by atoms with van der Waals surface area (Å²) in [7, 11) is 1.54. The first-order chi connectivity index (χ1) is 17.4. The molecule has 1 aliphatic rings. The average Bonchev–Trinajstić information content (AvgIpc) is 3.35. The molecule has 3 aromatic rings. The van der Waals surface area contributed by atoms with Crippen LogP contribution in [-0.2, 0) is 10.7 Å². The third-order valence-electron chi connectivity index (χ3n) is 6.50. The molecule has 2 aromatic carbocycles. The van der Waals surface area contributed by atoms with Gasteiger partial charge in [-0.3, -0.25) is 0 Å². The fraction of sp³-hybridized carbons (Fsp3) is 0.481. The number of aryl methyl sites for hydroxylation is 1. The summed E-state index contributed by atoms with van der Waals surface area (Å²) in [6.45, 7) is 6.33. The van der Waals surface area contributed by atoms with E-state index in [0.29, 0.717) is 47.3 Å². The van der Waals surface area contributed by atoms with E-state index in [1.165, 1.54) is 19.2 Å². The largest absolute Gasteiger partial charge is 0.493 e. The number of nitrogens with zero attached hydrogens (tertiary/aromatic N) is 2. The third kappa shape index (κ3) is 5.45. The van der Waals surface area contributed by atoms with Crippen LogP contribution in [0.1, 0.15) is 56.6 Å². The molecule has 0 amide bonds. The molecule has 0 bridgehead atoms. The van der Waals surface area contributed by atoms with Crippen LogP contribution in [0.25, 0.3) is 10.9 Å². The number of aromatic nitrogens is 2. The van der Waals surface area contributed by atoms with Crippen molar-refractivity contribution in [1.29, 1.82) is 0 Å². The van der Waals surface area contributed by atoms with Crippen molar-refractivity contribution in [3.05, 3.63) is 53.1 Å². The summed E-state index contributed by atoms with van der Waals surface area (Å²) in [5, 5.41) is 13.7. The number of methoxy groups -OCH3 is 1. The molecule has 10 heteroatoms. The van der Waals surface area contributed by atoms with Crippen molar-refractivity contribution < 1.29 is 32.5 Å². The van der Waals surface area contributed by atoms with Crippen LogP contribution in [0.4, 0.5) is 19.0 Å². The molecule has 1 aliphatic heterocycles. The van der Waals surface area contributed by atoms with Gasteiger partial charge in [0.2, 0.25) is 0 Å². The quantitative estimate of drug-likeness (QED) is 0.376. The van der Waals surface area contributed by atoms with Crippen LogP contribution in [-0.4, -0.2) is 47.1 Å². The second-order valence-corrected chi connectivity index (χ2v) is 9.79. The topological polar surface area (TPSA) is 85.7 Å². The Morgan fingerprint density at radius 1 is 1.22 bits per heavy atom. The molecule has 0 radical (unpaired) electrons. The summed E-state index contributed by atoms with van der Waals surface area (Å²) >= 11 is 0. The van der Waals surface area contributed by atoms with Gasteiger partial charge in [0, 0.05) is 23.6 Å². The highest BCUT2D eigenvalue weighted by atomic mass is 19.3. The van der Waals surface area contributed by atoms with E-state index in [1.54, 1.807) is 26.0 Å². The Morgan fingerprint density at radius 3 is 2.62 bits per heavy atom. The Kier molecular flexibility index (Phi) is 7.52. The van der Waals surface area contributed by atoms with E-state index < -0.39 is 28.9 Å². The monoisotopic (exact) mass is 519 g/mol. The van der Waals surface area contributed by atoms with Crippen molar-refractivity contribution in [2.24, 2.45) is 0 Å². The van der Waals surface area contributed by atoms with E-state index >= 15 is 4.39 Å². The number of halogens is 3. The highest BCUT2D eigenvalue weighted by molar-refractivity contribution is 5.92. The lowest BCUT2D eigenvalue weighted by Gasteiger charge is -2.30. The summed E-state index contributed by atoms with van der Waals surface area (Å²) in [6.07, 6.45) is 1.91. The van der Waals surface area contributed by atoms with Gasteiger partial charge in [-0.05, 0) is 52.7 Å². The van der Waals surface area contributed by atoms with Gasteiger partial charge in [-0.25, -0.2) is 14.4 Å². The summed E-state index contributed by atoms with van der Waals surface area (Å²) in [6, 6.07) is 6.48. The molecule has 4 rings (SSSR count). The summed E-state index contributed by atoms with van der Waals surface area (Å²) in [5.74, 6) is -3.07. The average molecular weight is 520 g/mol. The first-order valence-corrected chi connectivity index (χ1v) is 12.2. The molecule has 7 nitrogen and oxygen atoms in total. The molecule has 0 spiro atoms. The lowest BCUT2D eigenvalue weighted by atomic mass is 9.91. The maximum absolute atomic E-state index is 15.3. The molecule has 2 N–H and O–H groups in total. The predicted octanol–water partition coefficient (Wildman–Crippen LogP) is 5.68. The van der Waals surface area contributed by atoms with Gasteiger partial charge in [0.1, 0.15) is 29.7 Å². The Bertz CT molecular complexity index is 1270. The number of alkyl halides is 2. The van der Waals surface area contributed by atoms with Gasteiger partial charge in [0.15, 0.2) is 11.5 Å². The molecule has 2 atom stereocenters. The summed E-state index contributed by atoms with van der Waals surface area (Å²) < 4.78 is 62.1. The van der Waals surface area contributed by atoms with Crippen molar-refractivity contribution in [3.63, 3.8) is 0 Å². The van der Waals surface area contributed by atoms with E-state index in [0.717, 1.165) is 32.8 Å². The fourth-order valence-electron chi connectivity index (χ4n) is 4.33. The second-order valence-electron chi connectivity index (χ2n) is 9.79. The number of hydrogen-bond donors (Lipinski definition) is 2. The number of hydrogen-bond acceptors (Lipinski definition) is 7. The Balaban J connectivity index is 1.69. The zero-order valence-electron chi connectivity index (χ0n) is 21.6. The highest BCUT2D eigenvalue weighted by Crippen LogP contribution is 2.42. The van der Waals surface area contributed by atoms with Gasteiger partial charge in [-0.1, -0.05) is 12.1 Å². The zero-order chi connectivity index (χ0) is 27.0. The Hall–Kier alpha value is -3.11. The minimum absolute atomic E-state index is 0.00423. The van der Waals surface area contributed by atoms with Gasteiger partial charge in [0.25, 0.3) is 0 Å². The smallest absolute Gasteiger partial charge is 0.303 e. The standard InChI is InChI=1S/C27H32F3N3O4/c1-15(18-9-6-10-20(24(18)28)27(29,30)26(3,4)34)31-25-19-12-23(37-14-17-8-7-11-36-17)22(35-5)13-21(19)32-16(2)33-25/h6,9-10,12-13,15,17,34H,7-8,11,14H2,1-5H3,(H,31,32,33)/t15-,17+/m1/s1. The molecule has 0 aliphatic carbocycles. The summed E-state index contributed by atoms with van der Waals surface area (Å²) in [4.78, 5) is 8.97. The van der Waals surface area contributed by atoms with Gasteiger partial charge in [0.05, 0.1) is 30.3 Å². The molecule has 1 fully saturated rings. The highest BCUT2D eigenvalue weighted by Gasteiger charge is 2.49. The molecule has 0 saturated carbocycles. The van der Waals surface area contributed by atoms with Crippen LogP contribution in [0.2, 0.25) is 0 Å². The normalized spacial score (nSPS) is 17.2. The Morgan fingerprint density at radius 2 is 1.97 bits per heavy atom. The van der Waals surface area contributed by atoms with E-state index in [1.807, 2.05) is 0 Å². The minimum atomic E-state index is -3.79. The van der Waals surface area contributed by atoms with Crippen molar-refractivity contribution in [1.82, 2.24) is 9.97 Å². The molecule has 0 unspecified atom stereocenters. The fourth-order valence-corrected chi connectivity index (χ4v) is 4.33. The molecular formula is C27H32F3N3O4. The minimum Gasteiger partial charge on any atom is -0.493 e. The van der Waals surface area contributed by atoms with Crippen LogP contribution in [0, 0.1) is 12.7 Å². The molecule has 2 heterocycles. The van der Waals surface area contributed by atoms with Crippen LogP contribution >= 0.6 is 0 Å². The van der Waals surface area contributed by atoms with Gasteiger partial charge >= 0.3 is 5.92 Å². The number of aliphatic hydroxyl groups is 1. The number of benzene rings is 2. The predicted molar refractivity (Wildman–Crippen MR) is 134 cm³/mol. The van der Waals surface area contributed by atoms with Crippen LogP contribution in [0.5, 0.6) is 11.5 Å². The van der Waals surface area contributed by atoms with Crippen LogP contribution in [0.3, 0.4) is 0 Å². The first-order valence-electron chi connectivity index (χ1n) is 12.2.